The molecule has 1 N–H and O–H groups in total. The zero-order valence-corrected chi connectivity index (χ0v) is 12.3. The number of hydrogen-bond acceptors (Lipinski definition) is 3. The molecule has 3 heteroatoms. The molecule has 0 aliphatic rings. The van der Waals surface area contributed by atoms with E-state index in [2.05, 4.69) is 43.0 Å². The van der Waals surface area contributed by atoms with Gasteiger partial charge in [0, 0.05) is 18.8 Å². The van der Waals surface area contributed by atoms with Gasteiger partial charge in [-0.25, -0.2) is 0 Å². The molecule has 0 radical (unpaired) electrons. The van der Waals surface area contributed by atoms with Crippen LogP contribution < -0.4 is 9.64 Å². The Morgan fingerprint density at radius 2 is 1.80 bits per heavy atom. The molecule has 0 saturated carbocycles. The Morgan fingerprint density at radius 3 is 2.35 bits per heavy atom. The van der Waals surface area contributed by atoms with E-state index in [1.165, 1.54) is 11.3 Å². The van der Waals surface area contributed by atoms with E-state index in [0.717, 1.165) is 18.7 Å². The molecule has 0 atom stereocenters. The summed E-state index contributed by atoms with van der Waals surface area (Å²) in [5.41, 5.74) is 3.51. The molecule has 2 aromatic carbocycles. The molecule has 3 nitrogen and oxygen atoms in total. The van der Waals surface area contributed by atoms with Gasteiger partial charge in [0.05, 0.1) is 7.11 Å². The summed E-state index contributed by atoms with van der Waals surface area (Å²) >= 11 is 0. The third kappa shape index (κ3) is 3.23. The highest BCUT2D eigenvalue weighted by Crippen LogP contribution is 2.27. The van der Waals surface area contributed by atoms with Gasteiger partial charge in [-0.3, -0.25) is 0 Å². The monoisotopic (exact) mass is 271 g/mol. The van der Waals surface area contributed by atoms with Crippen molar-refractivity contribution in [2.75, 3.05) is 18.6 Å². The van der Waals surface area contributed by atoms with Crippen molar-refractivity contribution >= 4 is 5.69 Å². The summed E-state index contributed by atoms with van der Waals surface area (Å²) in [6, 6.07) is 14.0. The van der Waals surface area contributed by atoms with Crippen molar-refractivity contribution < 1.29 is 9.84 Å². The van der Waals surface area contributed by atoms with Crippen molar-refractivity contribution in [3.8, 4) is 11.5 Å². The molecule has 0 amide bonds. The second-order valence-corrected chi connectivity index (χ2v) is 4.86. The van der Waals surface area contributed by atoms with Crippen LogP contribution in [0.4, 0.5) is 5.69 Å². The van der Waals surface area contributed by atoms with E-state index in [0.29, 0.717) is 5.75 Å². The highest BCUT2D eigenvalue weighted by molar-refractivity contribution is 5.49. The first-order chi connectivity index (χ1) is 9.63. The van der Waals surface area contributed by atoms with Gasteiger partial charge in [-0.15, -0.1) is 0 Å². The lowest BCUT2D eigenvalue weighted by atomic mass is 10.1. The molecule has 0 fully saturated rings. The van der Waals surface area contributed by atoms with Gasteiger partial charge in [0.15, 0.2) is 11.5 Å². The minimum atomic E-state index is 0.185. The van der Waals surface area contributed by atoms with E-state index >= 15 is 0 Å². The van der Waals surface area contributed by atoms with Crippen LogP contribution in [-0.2, 0) is 6.54 Å². The van der Waals surface area contributed by atoms with Gasteiger partial charge in [-0.1, -0.05) is 23.8 Å². The van der Waals surface area contributed by atoms with Crippen LogP contribution in [0.15, 0.2) is 42.5 Å². The summed E-state index contributed by atoms with van der Waals surface area (Å²) in [7, 11) is 1.55. The maximum atomic E-state index is 9.84. The molecule has 0 bridgehead atoms. The Balaban J connectivity index is 2.17. The molecule has 0 aliphatic carbocycles. The number of aryl methyl sites for hydroxylation is 1. The largest absolute Gasteiger partial charge is 0.504 e. The summed E-state index contributed by atoms with van der Waals surface area (Å²) in [5, 5.41) is 9.84. The molecule has 0 heterocycles. The van der Waals surface area contributed by atoms with Gasteiger partial charge in [0.25, 0.3) is 0 Å². The average Bonchev–Trinajstić information content (AvgIpc) is 2.46. The summed E-state index contributed by atoms with van der Waals surface area (Å²) in [6.45, 7) is 5.89. The van der Waals surface area contributed by atoms with Crippen LogP contribution in [0.1, 0.15) is 18.1 Å². The molecule has 2 rings (SSSR count). The van der Waals surface area contributed by atoms with E-state index in [1.54, 1.807) is 19.2 Å². The molecular formula is C17H21NO2. The highest BCUT2D eigenvalue weighted by Gasteiger charge is 2.08. The minimum absolute atomic E-state index is 0.185. The first kappa shape index (κ1) is 14.3. The first-order valence-electron chi connectivity index (χ1n) is 6.81. The molecule has 20 heavy (non-hydrogen) atoms. The van der Waals surface area contributed by atoms with Crippen LogP contribution >= 0.6 is 0 Å². The lowest BCUT2D eigenvalue weighted by Crippen LogP contribution is -2.21. The lowest BCUT2D eigenvalue weighted by Gasteiger charge is -2.23. The second-order valence-electron chi connectivity index (χ2n) is 4.86. The molecule has 106 valence electrons. The summed E-state index contributed by atoms with van der Waals surface area (Å²) in [6.07, 6.45) is 0. The number of phenols is 1. The van der Waals surface area contributed by atoms with Crippen molar-refractivity contribution in [3.63, 3.8) is 0 Å². The molecule has 0 unspecified atom stereocenters. The zero-order chi connectivity index (χ0) is 14.5. The molecule has 0 saturated heterocycles. The average molecular weight is 271 g/mol. The molecule has 0 aromatic heterocycles. The van der Waals surface area contributed by atoms with Crippen molar-refractivity contribution in [3.05, 3.63) is 53.6 Å². The Morgan fingerprint density at radius 1 is 1.10 bits per heavy atom. The Labute approximate surface area is 120 Å². The second kappa shape index (κ2) is 6.33. The SMILES string of the molecule is CCN(Cc1ccc(OC)c(O)c1)c1ccc(C)cc1. The van der Waals surface area contributed by atoms with Crippen LogP contribution in [0, 0.1) is 6.92 Å². The summed E-state index contributed by atoms with van der Waals surface area (Å²) in [5.74, 6) is 0.692. The van der Waals surface area contributed by atoms with Crippen molar-refractivity contribution in [1.82, 2.24) is 0 Å². The maximum Gasteiger partial charge on any atom is 0.160 e. The number of anilines is 1. The van der Waals surface area contributed by atoms with E-state index in [1.807, 2.05) is 6.07 Å². The molecule has 2 aromatic rings. The van der Waals surface area contributed by atoms with Gasteiger partial charge in [-0.05, 0) is 43.7 Å². The van der Waals surface area contributed by atoms with Crippen molar-refractivity contribution in [2.45, 2.75) is 20.4 Å². The van der Waals surface area contributed by atoms with E-state index in [9.17, 15) is 5.11 Å². The minimum Gasteiger partial charge on any atom is -0.504 e. The Hall–Kier alpha value is -2.16. The number of nitrogens with zero attached hydrogens (tertiary/aromatic N) is 1. The highest BCUT2D eigenvalue weighted by atomic mass is 16.5. The van der Waals surface area contributed by atoms with Crippen LogP contribution in [0.2, 0.25) is 0 Å². The van der Waals surface area contributed by atoms with E-state index < -0.39 is 0 Å². The summed E-state index contributed by atoms with van der Waals surface area (Å²) < 4.78 is 5.07. The lowest BCUT2D eigenvalue weighted by molar-refractivity contribution is 0.373. The molecule has 0 aliphatic heterocycles. The number of methoxy groups -OCH3 is 1. The number of hydrogen-bond donors (Lipinski definition) is 1. The Bertz CT molecular complexity index is 564. The number of aromatic hydroxyl groups is 1. The topological polar surface area (TPSA) is 32.7 Å². The van der Waals surface area contributed by atoms with E-state index in [-0.39, 0.29) is 5.75 Å². The number of phenolic OH excluding ortho intramolecular Hbond substituents is 1. The summed E-state index contributed by atoms with van der Waals surface area (Å²) in [4.78, 5) is 2.26. The fourth-order valence-electron chi connectivity index (χ4n) is 2.20. The van der Waals surface area contributed by atoms with Gasteiger partial charge in [0.1, 0.15) is 0 Å². The van der Waals surface area contributed by atoms with Crippen LogP contribution in [0.3, 0.4) is 0 Å². The van der Waals surface area contributed by atoms with Crippen LogP contribution in [0.5, 0.6) is 11.5 Å². The molecule has 0 spiro atoms. The number of ether oxygens (including phenoxy) is 1. The smallest absolute Gasteiger partial charge is 0.160 e. The normalized spacial score (nSPS) is 10.3. The fraction of sp³-hybridized carbons (Fsp3) is 0.294. The number of benzene rings is 2. The van der Waals surface area contributed by atoms with Gasteiger partial charge >= 0.3 is 0 Å². The van der Waals surface area contributed by atoms with Gasteiger partial charge in [-0.2, -0.15) is 0 Å². The predicted octanol–water partition coefficient (Wildman–Crippen LogP) is 3.74. The van der Waals surface area contributed by atoms with E-state index in [4.69, 9.17) is 4.74 Å². The third-order valence-corrected chi connectivity index (χ3v) is 3.40. The first-order valence-corrected chi connectivity index (χ1v) is 6.81. The quantitative estimate of drug-likeness (QED) is 0.899. The zero-order valence-electron chi connectivity index (χ0n) is 12.3. The van der Waals surface area contributed by atoms with Crippen molar-refractivity contribution in [1.29, 1.82) is 0 Å². The standard InChI is InChI=1S/C17H21NO2/c1-4-18(15-8-5-13(2)6-9-15)12-14-7-10-17(20-3)16(19)11-14/h5-11,19H,4,12H2,1-3H3. The predicted molar refractivity (Wildman–Crippen MR) is 82.6 cm³/mol. The maximum absolute atomic E-state index is 9.84. The fourth-order valence-corrected chi connectivity index (χ4v) is 2.20. The Kier molecular flexibility index (Phi) is 4.51. The van der Waals surface area contributed by atoms with Crippen molar-refractivity contribution in [2.24, 2.45) is 0 Å². The van der Waals surface area contributed by atoms with Gasteiger partial charge in [0.2, 0.25) is 0 Å². The van der Waals surface area contributed by atoms with Crippen LogP contribution in [0.25, 0.3) is 0 Å². The third-order valence-electron chi connectivity index (χ3n) is 3.40. The van der Waals surface area contributed by atoms with Gasteiger partial charge < -0.3 is 14.7 Å². The van der Waals surface area contributed by atoms with Crippen LogP contribution in [-0.4, -0.2) is 18.8 Å². The number of rotatable bonds is 5. The molecular weight excluding hydrogens is 250 g/mol.